The lowest BCUT2D eigenvalue weighted by Crippen LogP contribution is -1.67. The number of fused-ring (bicyclic) bond motifs is 1. The summed E-state index contributed by atoms with van der Waals surface area (Å²) in [6, 6.07) is 43.9. The van der Waals surface area contributed by atoms with E-state index in [2.05, 4.69) is 147 Å². The molecular formula is C59H62N12O3S3. The van der Waals surface area contributed by atoms with Crippen molar-refractivity contribution in [3.63, 3.8) is 0 Å². The van der Waals surface area contributed by atoms with Crippen LogP contribution < -0.4 is 0 Å². The van der Waals surface area contributed by atoms with E-state index in [-0.39, 0.29) is 0 Å². The molecule has 10 aromatic rings. The number of oxazole rings is 1. The van der Waals surface area contributed by atoms with Crippen LogP contribution in [0, 0.1) is 0 Å². The van der Waals surface area contributed by atoms with Gasteiger partial charge in [0.25, 0.3) is 0 Å². The largest absolute Gasteiger partial charge is 0.473 e. The number of benzene rings is 3. The van der Waals surface area contributed by atoms with Crippen LogP contribution in [0.4, 0.5) is 0 Å². The number of thiophene rings is 1. The molecule has 5 aliphatic rings. The highest BCUT2D eigenvalue weighted by Gasteiger charge is 1.85. The van der Waals surface area contributed by atoms with Crippen molar-refractivity contribution in [1.82, 2.24) is 30.3 Å². The zero-order valence-corrected chi connectivity index (χ0v) is 44.8. The Morgan fingerprint density at radius 2 is 1.12 bits per heavy atom. The van der Waals surface area contributed by atoms with Crippen molar-refractivity contribution in [1.29, 1.82) is 0 Å². The molecule has 0 N–H and O–H groups in total. The molecule has 77 heavy (non-hydrogen) atoms. The maximum Gasteiger partial charge on any atom is 0.180 e. The van der Waals surface area contributed by atoms with Gasteiger partial charge in [-0.05, 0) is 70.4 Å². The van der Waals surface area contributed by atoms with Crippen LogP contribution in [0.2, 0.25) is 0 Å². The van der Waals surface area contributed by atoms with Crippen LogP contribution in [0.3, 0.4) is 0 Å². The molecule has 15 nitrogen and oxygen atoms in total. The van der Waals surface area contributed by atoms with Gasteiger partial charge in [0, 0.05) is 61.4 Å². The lowest BCUT2D eigenvalue weighted by atomic mass is 10.1. The van der Waals surface area contributed by atoms with Crippen LogP contribution in [0.25, 0.3) is 10.8 Å². The number of hydrogen-bond donors (Lipinski definition) is 0. The second-order valence-electron chi connectivity index (χ2n) is 13.4. The number of aromatic nitrogens is 6. The SMILES string of the molecule is C1=CCC=C1.C1=CCN=C1.C1=CN=CC1.C1=CN=NC1.C1=NC=NC1.c1ccc2ccccc2c1.c1ccccc1.c1ccncc1.c1ccoc1.c1ccsc1.c1cnoc1.c1cocn1.c1cscn1.c1nncs1. The topological polar surface area (TPSA) is 191 Å². The van der Waals surface area contributed by atoms with E-state index >= 15 is 0 Å². The van der Waals surface area contributed by atoms with Crippen molar-refractivity contribution in [3.05, 3.63) is 290 Å². The lowest BCUT2D eigenvalue weighted by molar-refractivity contribution is 0.420. The van der Waals surface area contributed by atoms with E-state index in [0.717, 1.165) is 32.5 Å². The van der Waals surface area contributed by atoms with E-state index in [1.54, 1.807) is 120 Å². The quantitative estimate of drug-likeness (QED) is 0.142. The van der Waals surface area contributed by atoms with Crippen molar-refractivity contribution in [2.75, 3.05) is 19.6 Å². The minimum absolute atomic E-state index is 0.778. The number of rotatable bonds is 0. The Morgan fingerprint density at radius 1 is 0.416 bits per heavy atom. The molecule has 0 radical (unpaired) electrons. The highest BCUT2D eigenvalue weighted by molar-refractivity contribution is 7.08. The van der Waals surface area contributed by atoms with Crippen molar-refractivity contribution >= 4 is 69.8 Å². The Kier molecular flexibility index (Phi) is 46.3. The molecule has 4 aliphatic heterocycles. The smallest absolute Gasteiger partial charge is 0.180 e. The minimum Gasteiger partial charge on any atom is -0.473 e. The monoisotopic (exact) mass is 1080 g/mol. The third-order valence-corrected chi connectivity index (χ3v) is 9.26. The predicted molar refractivity (Wildman–Crippen MR) is 321 cm³/mol. The maximum absolute atomic E-state index is 4.58. The molecule has 0 atom stereocenters. The molecule has 0 spiro atoms. The van der Waals surface area contributed by atoms with Crippen molar-refractivity contribution < 1.29 is 13.4 Å². The normalized spacial score (nSPS) is 11.4. The van der Waals surface area contributed by atoms with Gasteiger partial charge in [-0.1, -0.05) is 145 Å². The Hall–Kier alpha value is -9.36. The fourth-order valence-corrected chi connectivity index (χ4v) is 5.50. The molecule has 0 bridgehead atoms. The number of thiazole rings is 1. The Balaban J connectivity index is 0.000000285. The fourth-order valence-electron chi connectivity index (χ4n) is 4.42. The molecule has 7 aromatic heterocycles. The number of allylic oxidation sites excluding steroid dienone is 6. The first-order valence-corrected chi connectivity index (χ1v) is 26.3. The van der Waals surface area contributed by atoms with Gasteiger partial charge in [-0.25, -0.2) is 9.98 Å². The van der Waals surface area contributed by atoms with E-state index in [9.17, 15) is 0 Å². The highest BCUT2D eigenvalue weighted by Crippen LogP contribution is 2.11. The first kappa shape index (κ1) is 63.8. The zero-order chi connectivity index (χ0) is 54.2. The molecule has 394 valence electrons. The van der Waals surface area contributed by atoms with E-state index in [0.29, 0.717) is 0 Å². The molecule has 1 aliphatic carbocycles. The van der Waals surface area contributed by atoms with Gasteiger partial charge in [-0.2, -0.15) is 21.6 Å². The summed E-state index contributed by atoms with van der Waals surface area (Å²) >= 11 is 4.81. The Morgan fingerprint density at radius 3 is 1.32 bits per heavy atom. The Labute approximate surface area is 463 Å². The maximum atomic E-state index is 4.58. The lowest BCUT2D eigenvalue weighted by Gasteiger charge is -1.92. The van der Waals surface area contributed by atoms with Crippen LogP contribution >= 0.6 is 34.0 Å². The number of azo groups is 1. The summed E-state index contributed by atoms with van der Waals surface area (Å²) < 4.78 is 13.4. The molecule has 0 saturated heterocycles. The summed E-state index contributed by atoms with van der Waals surface area (Å²) in [6.07, 6.45) is 45.0. The fraction of sp³-hybridized carbons (Fsp3) is 0.0847. The van der Waals surface area contributed by atoms with Crippen LogP contribution in [0.1, 0.15) is 12.8 Å². The number of pyridine rings is 1. The molecule has 15 rings (SSSR count). The zero-order valence-electron chi connectivity index (χ0n) is 42.4. The van der Waals surface area contributed by atoms with Crippen molar-refractivity contribution in [2.24, 2.45) is 30.2 Å². The molecule has 18 heteroatoms. The molecule has 3 aromatic carbocycles. The van der Waals surface area contributed by atoms with Crippen LogP contribution in [-0.4, -0.2) is 74.9 Å². The molecule has 0 unspecified atom stereocenters. The summed E-state index contributed by atoms with van der Waals surface area (Å²) in [6.45, 7) is 2.44. The summed E-state index contributed by atoms with van der Waals surface area (Å²) in [5.74, 6) is 0. The third-order valence-electron chi connectivity index (χ3n) is 7.68. The molecule has 0 amide bonds. The second-order valence-corrected chi connectivity index (χ2v) is 15.6. The van der Waals surface area contributed by atoms with Gasteiger partial charge in [0.1, 0.15) is 29.9 Å². The molecule has 11 heterocycles. The van der Waals surface area contributed by atoms with Gasteiger partial charge in [0.05, 0.1) is 50.1 Å². The molecule has 0 saturated carbocycles. The third kappa shape index (κ3) is 48.7. The average molecular weight is 1080 g/mol. The summed E-state index contributed by atoms with van der Waals surface area (Å²) in [7, 11) is 0. The van der Waals surface area contributed by atoms with Crippen LogP contribution in [0.5, 0.6) is 0 Å². The van der Waals surface area contributed by atoms with Gasteiger partial charge >= 0.3 is 0 Å². The van der Waals surface area contributed by atoms with Gasteiger partial charge in [0.2, 0.25) is 0 Å². The number of aliphatic imine (C=N–C) groups is 4. The van der Waals surface area contributed by atoms with E-state index in [1.165, 1.54) is 41.0 Å². The van der Waals surface area contributed by atoms with Gasteiger partial charge in [-0.15, -0.1) is 32.9 Å². The van der Waals surface area contributed by atoms with E-state index in [1.807, 2.05) is 126 Å². The van der Waals surface area contributed by atoms with Crippen LogP contribution in [-0.2, 0) is 0 Å². The van der Waals surface area contributed by atoms with E-state index < -0.39 is 0 Å². The average Bonchev–Trinajstić information content (AvgIpc) is 4.35. The first-order chi connectivity index (χ1) is 38.5. The standard InChI is InChI=1S/C10H8.C6H6.C5H5N.C5H6.2C4H5N.C4H4O.C4H4S.2C3H4N2.2C3H3NO.C3H3NS.C2H2N2S/c1-2-6-10-8-4-3-7-9(10)5-1;2*1-2-4-6-5-3-1;5*1-2-4-5-3-1;1-2-5-3-4-1;1-2-4-5-3-1;1-2-5-3-4-1;1-2-4-5-3-1;1-2-5-3-4-1;1-3-4-2-5-1/h1-8H;1-6H;1-5H;1-4H,5H2;1,3-4H,2H2;1-3H,4H2;2*1-4H;1,3H,2H2;1-2H,3H2;3*1-3H;1-2H. The van der Waals surface area contributed by atoms with Gasteiger partial charge < -0.3 is 13.4 Å². The number of nitrogens with zero attached hydrogens (tertiary/aromatic N) is 12. The minimum atomic E-state index is 0.778. The summed E-state index contributed by atoms with van der Waals surface area (Å²) in [5.41, 5.74) is 5.15. The number of hydrogen-bond acceptors (Lipinski definition) is 18. The molecule has 0 fully saturated rings. The summed E-state index contributed by atoms with van der Waals surface area (Å²) in [4.78, 5) is 26.1. The molecular weight excluding hydrogens is 1020 g/mol. The Bertz CT molecular complexity index is 2250. The summed E-state index contributed by atoms with van der Waals surface area (Å²) in [5, 5.41) is 26.1. The van der Waals surface area contributed by atoms with Crippen molar-refractivity contribution in [3.8, 4) is 0 Å². The van der Waals surface area contributed by atoms with E-state index in [4.69, 9.17) is 0 Å². The first-order valence-electron chi connectivity index (χ1n) is 23.5. The predicted octanol–water partition coefficient (Wildman–Crippen LogP) is 15.8. The van der Waals surface area contributed by atoms with Crippen molar-refractivity contribution in [2.45, 2.75) is 12.8 Å². The number of furan rings is 1. The van der Waals surface area contributed by atoms with Crippen LogP contribution in [0.15, 0.2) is 333 Å². The van der Waals surface area contributed by atoms with Gasteiger partial charge in [-0.3, -0.25) is 24.9 Å². The second kappa shape index (κ2) is 55.9. The highest BCUT2D eigenvalue weighted by atomic mass is 32.1. The van der Waals surface area contributed by atoms with Gasteiger partial charge in [0.15, 0.2) is 6.39 Å².